The van der Waals surface area contributed by atoms with Crippen LogP contribution in [0.1, 0.15) is 34.5 Å². The van der Waals surface area contributed by atoms with Crippen LogP contribution in [0.15, 0.2) is 10.9 Å². The number of amides is 1. The number of aryl methyl sites for hydroxylation is 2. The fourth-order valence-electron chi connectivity index (χ4n) is 2.72. The maximum Gasteiger partial charge on any atom is 0.261 e. The van der Waals surface area contributed by atoms with Gasteiger partial charge in [-0.3, -0.25) is 9.59 Å². The molecule has 6 heteroatoms. The summed E-state index contributed by atoms with van der Waals surface area (Å²) in [7, 11) is 0. The number of rotatable bonds is 4. The van der Waals surface area contributed by atoms with Crippen molar-refractivity contribution in [1.82, 2.24) is 9.88 Å². The minimum Gasteiger partial charge on any atom is -0.394 e. The van der Waals surface area contributed by atoms with Crippen molar-refractivity contribution in [3.05, 3.63) is 33.2 Å². The summed E-state index contributed by atoms with van der Waals surface area (Å²) >= 11 is 0. The van der Waals surface area contributed by atoms with Crippen LogP contribution in [-0.2, 0) is 4.74 Å². The van der Waals surface area contributed by atoms with Crippen molar-refractivity contribution in [2.24, 2.45) is 0 Å². The third-order valence-corrected chi connectivity index (χ3v) is 3.75. The maximum atomic E-state index is 12.5. The highest BCUT2D eigenvalue weighted by Gasteiger charge is 2.26. The van der Waals surface area contributed by atoms with Crippen LogP contribution in [0.2, 0.25) is 0 Å². The Labute approximate surface area is 123 Å². The Bertz CT molecular complexity index is 559. The summed E-state index contributed by atoms with van der Waals surface area (Å²) in [6.45, 7) is 5.06. The zero-order valence-electron chi connectivity index (χ0n) is 12.5. The number of carbonyl (C=O) groups excluding carboxylic acids is 1. The molecule has 1 saturated heterocycles. The number of piperidine rings is 1. The molecule has 0 unspecified atom stereocenters. The highest BCUT2D eigenvalue weighted by atomic mass is 16.5. The lowest BCUT2D eigenvalue weighted by molar-refractivity contribution is -0.00558. The summed E-state index contributed by atoms with van der Waals surface area (Å²) in [6, 6.07) is 1.81. The lowest BCUT2D eigenvalue weighted by Crippen LogP contribution is -2.43. The third-order valence-electron chi connectivity index (χ3n) is 3.75. The number of carbonyl (C=O) groups is 1. The van der Waals surface area contributed by atoms with Gasteiger partial charge in [-0.2, -0.15) is 0 Å². The summed E-state index contributed by atoms with van der Waals surface area (Å²) in [6.07, 6.45) is 1.54. The number of aliphatic hydroxyl groups excluding tert-OH is 1. The molecule has 0 radical (unpaired) electrons. The van der Waals surface area contributed by atoms with E-state index in [9.17, 15) is 9.59 Å². The molecule has 21 heavy (non-hydrogen) atoms. The zero-order chi connectivity index (χ0) is 15.4. The normalized spacial score (nSPS) is 16.2. The molecule has 0 spiro atoms. The van der Waals surface area contributed by atoms with Gasteiger partial charge in [0.1, 0.15) is 5.56 Å². The topological polar surface area (TPSA) is 82.6 Å². The molecule has 0 aromatic carbocycles. The molecule has 1 fully saturated rings. The lowest BCUT2D eigenvalue weighted by Gasteiger charge is -2.32. The zero-order valence-corrected chi connectivity index (χ0v) is 12.5. The fourth-order valence-corrected chi connectivity index (χ4v) is 2.72. The molecule has 0 aliphatic carbocycles. The monoisotopic (exact) mass is 294 g/mol. The minimum atomic E-state index is -0.323. The molecular formula is C15H22N2O4. The highest BCUT2D eigenvalue weighted by Crippen LogP contribution is 2.16. The Balaban J connectivity index is 2.04. The number of aromatic nitrogens is 1. The van der Waals surface area contributed by atoms with Crippen molar-refractivity contribution in [2.45, 2.75) is 32.8 Å². The van der Waals surface area contributed by atoms with Gasteiger partial charge in [0.15, 0.2) is 0 Å². The van der Waals surface area contributed by atoms with E-state index in [1.165, 1.54) is 0 Å². The molecule has 116 valence electrons. The van der Waals surface area contributed by atoms with Gasteiger partial charge in [-0.15, -0.1) is 0 Å². The average Bonchev–Trinajstić information content (AvgIpc) is 2.44. The summed E-state index contributed by atoms with van der Waals surface area (Å²) in [5, 5.41) is 8.74. The van der Waals surface area contributed by atoms with Crippen LogP contribution in [0.25, 0.3) is 0 Å². The molecule has 1 amide bonds. The van der Waals surface area contributed by atoms with Gasteiger partial charge in [0.05, 0.1) is 19.3 Å². The average molecular weight is 294 g/mol. The molecule has 0 saturated carbocycles. The van der Waals surface area contributed by atoms with Crippen molar-refractivity contribution in [3.8, 4) is 0 Å². The van der Waals surface area contributed by atoms with E-state index in [1.807, 2.05) is 6.07 Å². The van der Waals surface area contributed by atoms with E-state index >= 15 is 0 Å². The molecule has 6 nitrogen and oxygen atoms in total. The summed E-state index contributed by atoms with van der Waals surface area (Å²) in [5.74, 6) is -0.214. The number of nitrogens with one attached hydrogen (secondary N) is 1. The molecule has 1 aromatic heterocycles. The van der Waals surface area contributed by atoms with Gasteiger partial charge in [0.2, 0.25) is 0 Å². The van der Waals surface area contributed by atoms with Gasteiger partial charge in [-0.05, 0) is 38.3 Å². The van der Waals surface area contributed by atoms with Crippen molar-refractivity contribution in [3.63, 3.8) is 0 Å². The van der Waals surface area contributed by atoms with Crippen molar-refractivity contribution >= 4 is 5.91 Å². The van der Waals surface area contributed by atoms with Crippen LogP contribution in [0.5, 0.6) is 0 Å². The molecule has 2 rings (SSSR count). The number of pyridine rings is 1. The molecule has 1 aliphatic rings. The van der Waals surface area contributed by atoms with Gasteiger partial charge in [0.25, 0.3) is 11.5 Å². The second-order valence-electron chi connectivity index (χ2n) is 5.43. The van der Waals surface area contributed by atoms with Crippen LogP contribution >= 0.6 is 0 Å². The Morgan fingerprint density at radius 2 is 2.10 bits per heavy atom. The van der Waals surface area contributed by atoms with Crippen LogP contribution < -0.4 is 5.56 Å². The van der Waals surface area contributed by atoms with Crippen LogP contribution in [-0.4, -0.2) is 53.3 Å². The van der Waals surface area contributed by atoms with Gasteiger partial charge >= 0.3 is 0 Å². The first-order valence-electron chi connectivity index (χ1n) is 7.25. The van der Waals surface area contributed by atoms with E-state index in [0.717, 1.165) is 18.5 Å². The first-order valence-corrected chi connectivity index (χ1v) is 7.25. The van der Waals surface area contributed by atoms with E-state index < -0.39 is 0 Å². The van der Waals surface area contributed by atoms with E-state index in [-0.39, 0.29) is 29.7 Å². The van der Waals surface area contributed by atoms with Gasteiger partial charge in [-0.25, -0.2) is 0 Å². The Morgan fingerprint density at radius 1 is 1.43 bits per heavy atom. The number of nitrogens with zero attached hydrogens (tertiary/aromatic N) is 1. The standard InChI is InChI=1S/C15H22N2O4/c1-10-9-11(2)16-14(19)13(10)15(20)17-5-3-12(4-6-17)21-8-7-18/h9,12,18H,3-8H2,1-2H3,(H,16,19). The molecule has 1 aliphatic heterocycles. The number of aliphatic hydroxyl groups is 1. The van der Waals surface area contributed by atoms with E-state index in [2.05, 4.69) is 4.98 Å². The van der Waals surface area contributed by atoms with Gasteiger partial charge in [0, 0.05) is 18.8 Å². The second-order valence-corrected chi connectivity index (χ2v) is 5.43. The number of aromatic amines is 1. The van der Waals surface area contributed by atoms with Crippen LogP contribution in [0.4, 0.5) is 0 Å². The second kappa shape index (κ2) is 6.87. The minimum absolute atomic E-state index is 0.0110. The third kappa shape index (κ3) is 3.71. The Kier molecular flexibility index (Phi) is 5.14. The predicted octanol–water partition coefficient (Wildman–Crippen LogP) is 0.605. The van der Waals surface area contributed by atoms with E-state index in [0.29, 0.717) is 25.3 Å². The van der Waals surface area contributed by atoms with Crippen LogP contribution in [0, 0.1) is 13.8 Å². The number of hydrogen-bond donors (Lipinski definition) is 2. The van der Waals surface area contributed by atoms with Gasteiger partial charge < -0.3 is 19.7 Å². The number of ether oxygens (including phenoxy) is 1. The van der Waals surface area contributed by atoms with Crippen molar-refractivity contribution in [2.75, 3.05) is 26.3 Å². The number of H-pyrrole nitrogens is 1. The smallest absolute Gasteiger partial charge is 0.261 e. The lowest BCUT2D eigenvalue weighted by atomic mass is 10.0. The number of likely N-dealkylation sites (tertiary alicyclic amines) is 1. The molecular weight excluding hydrogens is 272 g/mol. The van der Waals surface area contributed by atoms with Gasteiger partial charge in [-0.1, -0.05) is 0 Å². The van der Waals surface area contributed by atoms with Crippen LogP contribution in [0.3, 0.4) is 0 Å². The van der Waals surface area contributed by atoms with Crippen molar-refractivity contribution in [1.29, 1.82) is 0 Å². The summed E-state index contributed by atoms with van der Waals surface area (Å²) < 4.78 is 5.47. The SMILES string of the molecule is Cc1cc(C)c(C(=O)N2CCC(OCCO)CC2)c(=O)[nH]1. The summed E-state index contributed by atoms with van der Waals surface area (Å²) in [5.41, 5.74) is 1.37. The highest BCUT2D eigenvalue weighted by molar-refractivity contribution is 5.95. The predicted molar refractivity (Wildman–Crippen MR) is 78.5 cm³/mol. The molecule has 2 N–H and O–H groups in total. The molecule has 1 aromatic rings. The Hall–Kier alpha value is -1.66. The largest absolute Gasteiger partial charge is 0.394 e. The maximum absolute atomic E-state index is 12.5. The van der Waals surface area contributed by atoms with E-state index in [1.54, 1.807) is 18.7 Å². The van der Waals surface area contributed by atoms with Crippen molar-refractivity contribution < 1.29 is 14.6 Å². The first-order chi connectivity index (χ1) is 10.0. The molecule has 2 heterocycles. The summed E-state index contributed by atoms with van der Waals surface area (Å²) in [4.78, 5) is 28.9. The Morgan fingerprint density at radius 3 is 2.67 bits per heavy atom. The molecule has 0 bridgehead atoms. The first kappa shape index (κ1) is 15.7. The quantitative estimate of drug-likeness (QED) is 0.852. The van der Waals surface area contributed by atoms with E-state index in [4.69, 9.17) is 9.84 Å². The fraction of sp³-hybridized carbons (Fsp3) is 0.600. The molecule has 0 atom stereocenters. The number of hydrogen-bond acceptors (Lipinski definition) is 4.